The Morgan fingerprint density at radius 2 is 1.70 bits per heavy atom. The minimum Gasteiger partial charge on any atom is -0.383 e. The van der Waals surface area contributed by atoms with Crippen molar-refractivity contribution in [1.82, 2.24) is 15.5 Å². The Hall–Kier alpha value is -1.54. The van der Waals surface area contributed by atoms with Crippen LogP contribution < -0.4 is 10.6 Å². The molecule has 0 aliphatic carbocycles. The number of aliphatic hydroxyl groups is 1. The van der Waals surface area contributed by atoms with E-state index in [1.807, 2.05) is 6.92 Å². The van der Waals surface area contributed by atoms with Crippen molar-refractivity contribution in [2.45, 2.75) is 91.7 Å². The maximum absolute atomic E-state index is 12.6. The van der Waals surface area contributed by atoms with E-state index in [0.29, 0.717) is 11.6 Å². The molecule has 0 spiro atoms. The molecule has 7 nitrogen and oxygen atoms in total. The van der Waals surface area contributed by atoms with Crippen LogP contribution in [0.1, 0.15) is 79.2 Å². The van der Waals surface area contributed by atoms with Crippen molar-refractivity contribution in [2.24, 2.45) is 5.41 Å². The van der Waals surface area contributed by atoms with Crippen LogP contribution >= 0.6 is 11.3 Å². The third-order valence-electron chi connectivity index (χ3n) is 4.39. The van der Waals surface area contributed by atoms with E-state index in [-0.39, 0.29) is 11.3 Å². The van der Waals surface area contributed by atoms with E-state index in [1.54, 1.807) is 20.8 Å². The normalized spacial score (nSPS) is 14.5. The number of aromatic nitrogens is 2. The summed E-state index contributed by atoms with van der Waals surface area (Å²) in [6, 6.07) is -0.726. The standard InChI is InChI=1S/C19H34N4O3S/c1-8-10-12(20-15(26)13(24)18(3,4)5)14(25)21-17-23-22-16(27-17)19(6,7)11-9-2/h12-13,24H,8-11H2,1-7H3,(H,20,26)(H,21,23,25). The van der Waals surface area contributed by atoms with Crippen LogP contribution in [-0.2, 0) is 15.0 Å². The van der Waals surface area contributed by atoms with Crippen molar-refractivity contribution in [3.63, 3.8) is 0 Å². The Bertz CT molecular complexity index is 637. The molecule has 0 radical (unpaired) electrons. The van der Waals surface area contributed by atoms with Gasteiger partial charge in [0.05, 0.1) is 0 Å². The van der Waals surface area contributed by atoms with Gasteiger partial charge < -0.3 is 10.4 Å². The molecule has 154 valence electrons. The van der Waals surface area contributed by atoms with Crippen LogP contribution in [0.5, 0.6) is 0 Å². The van der Waals surface area contributed by atoms with Crippen molar-refractivity contribution in [3.05, 3.63) is 5.01 Å². The molecule has 2 amide bonds. The Kier molecular flexibility index (Phi) is 8.35. The van der Waals surface area contributed by atoms with Crippen LogP contribution in [0.4, 0.5) is 5.13 Å². The summed E-state index contributed by atoms with van der Waals surface area (Å²) in [5, 5.41) is 25.1. The Balaban J connectivity index is 2.82. The second-order valence-corrected chi connectivity index (χ2v) is 9.63. The van der Waals surface area contributed by atoms with Gasteiger partial charge in [-0.2, -0.15) is 0 Å². The predicted molar refractivity (Wildman–Crippen MR) is 109 cm³/mol. The van der Waals surface area contributed by atoms with Gasteiger partial charge in [-0.25, -0.2) is 0 Å². The number of nitrogens with one attached hydrogen (secondary N) is 2. The molecule has 0 saturated carbocycles. The monoisotopic (exact) mass is 398 g/mol. The molecule has 0 saturated heterocycles. The first-order chi connectivity index (χ1) is 12.4. The van der Waals surface area contributed by atoms with Crippen molar-refractivity contribution >= 4 is 28.3 Å². The van der Waals surface area contributed by atoms with E-state index in [9.17, 15) is 14.7 Å². The first-order valence-corrected chi connectivity index (χ1v) is 10.4. The maximum Gasteiger partial charge on any atom is 0.250 e. The molecule has 1 aromatic heterocycles. The van der Waals surface area contributed by atoms with Gasteiger partial charge in [-0.05, 0) is 18.3 Å². The number of rotatable bonds is 9. The number of nitrogens with zero attached hydrogens (tertiary/aromatic N) is 2. The van der Waals surface area contributed by atoms with Gasteiger partial charge >= 0.3 is 0 Å². The van der Waals surface area contributed by atoms with Crippen LogP contribution in [0.15, 0.2) is 0 Å². The highest BCUT2D eigenvalue weighted by atomic mass is 32.1. The molecule has 0 aliphatic rings. The van der Waals surface area contributed by atoms with Gasteiger partial charge in [-0.3, -0.25) is 14.9 Å². The zero-order chi connectivity index (χ0) is 20.8. The zero-order valence-electron chi connectivity index (χ0n) is 17.5. The topological polar surface area (TPSA) is 104 Å². The molecule has 0 fully saturated rings. The lowest BCUT2D eigenvalue weighted by molar-refractivity contribution is -0.137. The first kappa shape index (κ1) is 23.5. The summed E-state index contributed by atoms with van der Waals surface area (Å²) in [7, 11) is 0. The number of hydrogen-bond acceptors (Lipinski definition) is 6. The number of carbonyl (C=O) groups excluding carboxylic acids is 2. The first-order valence-electron chi connectivity index (χ1n) is 9.55. The Morgan fingerprint density at radius 1 is 1.07 bits per heavy atom. The molecule has 0 bridgehead atoms. The largest absolute Gasteiger partial charge is 0.383 e. The third-order valence-corrected chi connectivity index (χ3v) is 5.59. The summed E-state index contributed by atoms with van der Waals surface area (Å²) in [5.41, 5.74) is -0.695. The average molecular weight is 399 g/mol. The lowest BCUT2D eigenvalue weighted by Gasteiger charge is -2.26. The van der Waals surface area contributed by atoms with Crippen LogP contribution in [0, 0.1) is 5.41 Å². The smallest absolute Gasteiger partial charge is 0.250 e. The SMILES string of the molecule is CCCC(NC(=O)C(O)C(C)(C)C)C(=O)Nc1nnc(C(C)(C)CCC)s1. The van der Waals surface area contributed by atoms with Gasteiger partial charge in [0.15, 0.2) is 0 Å². The second-order valence-electron chi connectivity index (χ2n) is 8.65. The highest BCUT2D eigenvalue weighted by Gasteiger charge is 2.32. The minimum absolute atomic E-state index is 0.0940. The van der Waals surface area contributed by atoms with Crippen LogP contribution in [0.3, 0.4) is 0 Å². The molecule has 27 heavy (non-hydrogen) atoms. The zero-order valence-corrected chi connectivity index (χ0v) is 18.4. The number of anilines is 1. The van der Waals surface area contributed by atoms with Gasteiger partial charge in [0.25, 0.3) is 0 Å². The number of carbonyl (C=O) groups is 2. The van der Waals surface area contributed by atoms with E-state index < -0.39 is 23.5 Å². The fourth-order valence-electron chi connectivity index (χ4n) is 2.67. The van der Waals surface area contributed by atoms with Crippen LogP contribution in [-0.4, -0.2) is 39.3 Å². The van der Waals surface area contributed by atoms with Gasteiger partial charge in [-0.1, -0.05) is 72.6 Å². The fraction of sp³-hybridized carbons (Fsp3) is 0.789. The van der Waals surface area contributed by atoms with Crippen molar-refractivity contribution < 1.29 is 14.7 Å². The molecule has 1 rings (SSSR count). The van der Waals surface area contributed by atoms with Gasteiger partial charge in [0.2, 0.25) is 16.9 Å². The fourth-order valence-corrected chi connectivity index (χ4v) is 3.55. The summed E-state index contributed by atoms with van der Waals surface area (Å²) < 4.78 is 0. The summed E-state index contributed by atoms with van der Waals surface area (Å²) in [4.78, 5) is 24.9. The Morgan fingerprint density at radius 3 is 2.22 bits per heavy atom. The average Bonchev–Trinajstić information content (AvgIpc) is 3.02. The van der Waals surface area contributed by atoms with E-state index in [0.717, 1.165) is 24.3 Å². The highest BCUT2D eigenvalue weighted by Crippen LogP contribution is 2.32. The molecular weight excluding hydrogens is 364 g/mol. The molecule has 0 aliphatic heterocycles. The highest BCUT2D eigenvalue weighted by molar-refractivity contribution is 7.15. The van der Waals surface area contributed by atoms with E-state index in [2.05, 4.69) is 41.6 Å². The molecule has 1 aromatic rings. The molecule has 2 atom stereocenters. The van der Waals surface area contributed by atoms with Gasteiger partial charge in [-0.15, -0.1) is 10.2 Å². The number of amides is 2. The van der Waals surface area contributed by atoms with E-state index in [1.165, 1.54) is 11.3 Å². The number of hydrogen-bond donors (Lipinski definition) is 3. The molecular formula is C19H34N4O3S. The summed E-state index contributed by atoms with van der Waals surface area (Å²) >= 11 is 1.36. The summed E-state index contributed by atoms with van der Waals surface area (Å²) in [6.45, 7) is 13.6. The van der Waals surface area contributed by atoms with Crippen LogP contribution in [0.25, 0.3) is 0 Å². The van der Waals surface area contributed by atoms with Crippen molar-refractivity contribution in [1.29, 1.82) is 0 Å². The van der Waals surface area contributed by atoms with Crippen LogP contribution in [0.2, 0.25) is 0 Å². The lowest BCUT2D eigenvalue weighted by atomic mass is 9.88. The summed E-state index contributed by atoms with van der Waals surface area (Å²) in [6.07, 6.45) is 2.02. The molecule has 2 unspecified atom stereocenters. The maximum atomic E-state index is 12.6. The molecule has 8 heteroatoms. The molecule has 1 heterocycles. The molecule has 3 N–H and O–H groups in total. The minimum atomic E-state index is -1.19. The number of aliphatic hydroxyl groups excluding tert-OH is 1. The summed E-state index contributed by atoms with van der Waals surface area (Å²) in [5.74, 6) is -0.888. The van der Waals surface area contributed by atoms with E-state index in [4.69, 9.17) is 0 Å². The van der Waals surface area contributed by atoms with Gasteiger partial charge in [0.1, 0.15) is 17.2 Å². The third kappa shape index (κ3) is 6.84. The quantitative estimate of drug-likeness (QED) is 0.592. The Labute approximate surface area is 166 Å². The van der Waals surface area contributed by atoms with Crippen molar-refractivity contribution in [2.75, 3.05) is 5.32 Å². The van der Waals surface area contributed by atoms with E-state index >= 15 is 0 Å². The molecule has 0 aromatic carbocycles. The predicted octanol–water partition coefficient (Wildman–Crippen LogP) is 3.25. The second kappa shape index (κ2) is 9.59. The van der Waals surface area contributed by atoms with Gasteiger partial charge in [0, 0.05) is 5.41 Å². The lowest BCUT2D eigenvalue weighted by Crippen LogP contribution is -2.50. The van der Waals surface area contributed by atoms with Crippen molar-refractivity contribution in [3.8, 4) is 0 Å².